The molecule has 0 bridgehead atoms. The molecular formula is C13H22BrN3O3S. The highest BCUT2D eigenvalue weighted by Gasteiger charge is 2.30. The second-order valence-corrected chi connectivity index (χ2v) is 7.82. The van der Waals surface area contributed by atoms with Gasteiger partial charge in [-0.2, -0.15) is 4.31 Å². The number of sulfonamides is 1. The first-order chi connectivity index (χ1) is 9.95. The molecule has 1 aliphatic rings. The van der Waals surface area contributed by atoms with Crippen molar-refractivity contribution in [3.05, 3.63) is 16.5 Å². The molecule has 1 N–H and O–H groups in total. The monoisotopic (exact) mass is 379 g/mol. The van der Waals surface area contributed by atoms with Crippen molar-refractivity contribution in [3.63, 3.8) is 0 Å². The van der Waals surface area contributed by atoms with Gasteiger partial charge in [0.1, 0.15) is 10.7 Å². The molecule has 6 nitrogen and oxygen atoms in total. The van der Waals surface area contributed by atoms with Crippen molar-refractivity contribution in [3.8, 4) is 0 Å². The third kappa shape index (κ3) is 4.07. The molecule has 8 heteroatoms. The van der Waals surface area contributed by atoms with Crippen molar-refractivity contribution < 1.29 is 12.8 Å². The Balaban J connectivity index is 2.20. The number of likely N-dealkylation sites (N-methyl/N-ethyl adjacent to an activating group) is 1. The van der Waals surface area contributed by atoms with E-state index < -0.39 is 10.0 Å². The molecular weight excluding hydrogens is 358 g/mol. The summed E-state index contributed by atoms with van der Waals surface area (Å²) in [6, 6.07) is 1.61. The predicted octanol–water partition coefficient (Wildman–Crippen LogP) is 1.48. The van der Waals surface area contributed by atoms with E-state index in [1.165, 1.54) is 0 Å². The van der Waals surface area contributed by atoms with Crippen LogP contribution in [0.4, 0.5) is 0 Å². The maximum atomic E-state index is 12.8. The first-order valence-corrected chi connectivity index (χ1v) is 9.36. The second kappa shape index (κ2) is 7.23. The maximum absolute atomic E-state index is 12.8. The molecule has 120 valence electrons. The normalized spacial score (nSPS) is 18.8. The lowest BCUT2D eigenvalue weighted by atomic mass is 10.4. The van der Waals surface area contributed by atoms with Gasteiger partial charge in [-0.3, -0.25) is 0 Å². The summed E-state index contributed by atoms with van der Waals surface area (Å²) in [5, 5.41) is 3.12. The molecule has 1 aromatic rings. The highest BCUT2D eigenvalue weighted by molar-refractivity contribution is 9.10. The van der Waals surface area contributed by atoms with E-state index in [2.05, 4.69) is 26.1 Å². The fraction of sp³-hybridized carbons (Fsp3) is 0.692. The van der Waals surface area contributed by atoms with Crippen LogP contribution in [0.1, 0.15) is 19.1 Å². The van der Waals surface area contributed by atoms with Crippen LogP contribution in [0.15, 0.2) is 20.0 Å². The van der Waals surface area contributed by atoms with E-state index in [4.69, 9.17) is 4.42 Å². The summed E-state index contributed by atoms with van der Waals surface area (Å²) in [4.78, 5) is 2.37. The summed E-state index contributed by atoms with van der Waals surface area (Å²) in [6.07, 6.45) is 0.843. The molecule has 0 aromatic carbocycles. The molecule has 0 spiro atoms. The molecule has 0 radical (unpaired) electrons. The fourth-order valence-electron chi connectivity index (χ4n) is 2.31. The Morgan fingerprint density at radius 3 is 2.81 bits per heavy atom. The van der Waals surface area contributed by atoms with Gasteiger partial charge < -0.3 is 14.6 Å². The summed E-state index contributed by atoms with van der Waals surface area (Å²) in [7, 11) is -1.49. The zero-order chi connectivity index (χ0) is 15.5. The molecule has 1 aromatic heterocycles. The summed E-state index contributed by atoms with van der Waals surface area (Å²) in [6.45, 7) is 6.05. The number of hydrogen-bond donors (Lipinski definition) is 1. The van der Waals surface area contributed by atoms with Gasteiger partial charge in [0, 0.05) is 25.7 Å². The molecule has 1 fully saturated rings. The average Bonchev–Trinajstić information content (AvgIpc) is 2.66. The molecule has 1 aliphatic heterocycles. The highest BCUT2D eigenvalue weighted by Crippen LogP contribution is 2.29. The van der Waals surface area contributed by atoms with Crippen LogP contribution in [-0.2, 0) is 16.6 Å². The van der Waals surface area contributed by atoms with E-state index in [0.717, 1.165) is 26.1 Å². The Kier molecular flexibility index (Phi) is 5.84. The van der Waals surface area contributed by atoms with Crippen LogP contribution >= 0.6 is 15.9 Å². The van der Waals surface area contributed by atoms with Crippen LogP contribution in [0.5, 0.6) is 0 Å². The lowest BCUT2D eigenvalue weighted by molar-refractivity contribution is 0.347. The summed E-state index contributed by atoms with van der Waals surface area (Å²) in [5.41, 5.74) is 0. The first-order valence-electron chi connectivity index (χ1n) is 7.12. The van der Waals surface area contributed by atoms with Gasteiger partial charge >= 0.3 is 0 Å². The number of hydrogen-bond acceptors (Lipinski definition) is 5. The van der Waals surface area contributed by atoms with Crippen LogP contribution in [0.3, 0.4) is 0 Å². The quantitative estimate of drug-likeness (QED) is 0.838. The molecule has 1 saturated heterocycles. The molecule has 0 amide bonds. The molecule has 0 saturated carbocycles. The van der Waals surface area contributed by atoms with Crippen LogP contribution < -0.4 is 5.32 Å². The van der Waals surface area contributed by atoms with Gasteiger partial charge in [-0.1, -0.05) is 6.92 Å². The lowest BCUT2D eigenvalue weighted by Crippen LogP contribution is -2.34. The fourth-order valence-corrected chi connectivity index (χ4v) is 4.74. The van der Waals surface area contributed by atoms with Crippen molar-refractivity contribution in [2.45, 2.75) is 24.8 Å². The van der Waals surface area contributed by atoms with E-state index in [-0.39, 0.29) is 9.56 Å². The van der Waals surface area contributed by atoms with E-state index >= 15 is 0 Å². The topological polar surface area (TPSA) is 65.8 Å². The maximum Gasteiger partial charge on any atom is 0.247 e. The van der Waals surface area contributed by atoms with Crippen molar-refractivity contribution in [1.29, 1.82) is 0 Å². The molecule has 2 heterocycles. The predicted molar refractivity (Wildman–Crippen MR) is 84.7 cm³/mol. The van der Waals surface area contributed by atoms with E-state index in [0.29, 0.717) is 25.4 Å². The highest BCUT2D eigenvalue weighted by atomic mass is 79.9. The third-order valence-electron chi connectivity index (χ3n) is 3.55. The van der Waals surface area contributed by atoms with Crippen molar-refractivity contribution >= 4 is 26.0 Å². The smallest absolute Gasteiger partial charge is 0.247 e. The minimum Gasteiger partial charge on any atom is -0.452 e. The zero-order valence-corrected chi connectivity index (χ0v) is 14.8. The number of furan rings is 1. The number of rotatable bonds is 5. The molecule has 2 rings (SSSR count). The minimum atomic E-state index is -3.51. The summed E-state index contributed by atoms with van der Waals surface area (Å²) < 4.78 is 32.8. The summed E-state index contributed by atoms with van der Waals surface area (Å²) >= 11 is 3.23. The average molecular weight is 380 g/mol. The SMILES string of the molecule is CCNCc1cc(S(=O)(=O)N2CCCN(C)CC2)c(Br)o1. The van der Waals surface area contributed by atoms with Gasteiger partial charge in [0.05, 0.1) is 6.54 Å². The van der Waals surface area contributed by atoms with Crippen LogP contribution in [0.2, 0.25) is 0 Å². The molecule has 0 unspecified atom stereocenters. The Hall–Kier alpha value is -0.410. The van der Waals surface area contributed by atoms with Crippen molar-refractivity contribution in [2.24, 2.45) is 0 Å². The number of nitrogens with one attached hydrogen (secondary N) is 1. The Labute approximate surface area is 134 Å². The second-order valence-electron chi connectivity index (χ2n) is 5.19. The molecule has 0 aliphatic carbocycles. The lowest BCUT2D eigenvalue weighted by Gasteiger charge is -2.19. The van der Waals surface area contributed by atoms with E-state index in [1.54, 1.807) is 10.4 Å². The standard InChI is InChI=1S/C13H22BrN3O3S/c1-3-15-10-11-9-12(13(14)20-11)21(18,19)17-6-4-5-16(2)7-8-17/h9,15H,3-8,10H2,1-2H3. The first kappa shape index (κ1) is 17.0. The van der Waals surface area contributed by atoms with E-state index in [1.807, 2.05) is 14.0 Å². The van der Waals surface area contributed by atoms with Gasteiger partial charge in [0.2, 0.25) is 10.0 Å². The van der Waals surface area contributed by atoms with Gasteiger partial charge in [-0.05, 0) is 42.5 Å². The van der Waals surface area contributed by atoms with Crippen molar-refractivity contribution in [2.75, 3.05) is 39.8 Å². The van der Waals surface area contributed by atoms with Gasteiger partial charge in [0.15, 0.2) is 4.67 Å². The van der Waals surface area contributed by atoms with Gasteiger partial charge in [0.25, 0.3) is 0 Å². The molecule has 0 atom stereocenters. The summed E-state index contributed by atoms with van der Waals surface area (Å²) in [5.74, 6) is 0.620. The number of nitrogens with zero attached hydrogens (tertiary/aromatic N) is 2. The Morgan fingerprint density at radius 1 is 1.33 bits per heavy atom. The van der Waals surface area contributed by atoms with Crippen molar-refractivity contribution in [1.82, 2.24) is 14.5 Å². The van der Waals surface area contributed by atoms with Crippen LogP contribution in [0, 0.1) is 0 Å². The van der Waals surface area contributed by atoms with E-state index in [9.17, 15) is 8.42 Å². The van der Waals surface area contributed by atoms with Gasteiger partial charge in [-0.25, -0.2) is 8.42 Å². The van der Waals surface area contributed by atoms with Crippen LogP contribution in [-0.4, -0.2) is 57.4 Å². The zero-order valence-electron chi connectivity index (χ0n) is 12.4. The largest absolute Gasteiger partial charge is 0.452 e. The molecule has 21 heavy (non-hydrogen) atoms. The Bertz CT molecular complexity index is 573. The number of halogens is 1. The van der Waals surface area contributed by atoms with Crippen LogP contribution in [0.25, 0.3) is 0 Å². The minimum absolute atomic E-state index is 0.222. The third-order valence-corrected chi connectivity index (χ3v) is 6.31. The van der Waals surface area contributed by atoms with Gasteiger partial charge in [-0.15, -0.1) is 0 Å². The Morgan fingerprint density at radius 2 is 2.10 bits per heavy atom.